The largest absolute Gasteiger partial charge is 0.478 e. The molecule has 0 aliphatic heterocycles. The molecule has 0 aromatic heterocycles. The van der Waals surface area contributed by atoms with Crippen LogP contribution in [0.15, 0.2) is 30.3 Å². The Bertz CT molecular complexity index is 941. The Labute approximate surface area is 170 Å². The molecule has 2 aromatic carbocycles. The van der Waals surface area contributed by atoms with Crippen molar-refractivity contribution in [1.82, 2.24) is 0 Å². The second-order valence-electron chi connectivity index (χ2n) is 7.91. The van der Waals surface area contributed by atoms with Crippen LogP contribution in [0.1, 0.15) is 66.9 Å². The molecule has 0 spiro atoms. The van der Waals surface area contributed by atoms with Crippen LogP contribution >= 0.6 is 0 Å². The Morgan fingerprint density at radius 3 is 2.41 bits per heavy atom. The normalized spacial score (nSPS) is 19.0. The maximum absolute atomic E-state index is 15.1. The van der Waals surface area contributed by atoms with E-state index in [9.17, 15) is 14.3 Å². The molecule has 0 saturated heterocycles. The van der Waals surface area contributed by atoms with Crippen LogP contribution in [0.25, 0.3) is 11.1 Å². The summed E-state index contributed by atoms with van der Waals surface area (Å²) in [6, 6.07) is 8.55. The Kier molecular flexibility index (Phi) is 6.64. The van der Waals surface area contributed by atoms with Gasteiger partial charge in [-0.25, -0.2) is 13.6 Å². The number of carboxylic acids is 1. The standard InChI is InChI=1S/C24H25F2NO2/c1-2-15-3-5-16(6-4-15)7-8-17-11-12-20(24(28)29)23(26)22(17)18-9-10-19(14-27)21(25)13-18/h9-13,15-16H,2-8H2,1H3,(H,28,29)/t15-,16-. The van der Waals surface area contributed by atoms with Gasteiger partial charge in [-0.1, -0.05) is 51.2 Å². The first kappa shape index (κ1) is 21.0. The Morgan fingerprint density at radius 2 is 1.83 bits per heavy atom. The van der Waals surface area contributed by atoms with E-state index in [0.29, 0.717) is 17.9 Å². The van der Waals surface area contributed by atoms with Crippen molar-refractivity contribution in [3.8, 4) is 17.2 Å². The lowest BCUT2D eigenvalue weighted by atomic mass is 9.78. The van der Waals surface area contributed by atoms with Crippen LogP contribution in [0.5, 0.6) is 0 Å². The van der Waals surface area contributed by atoms with Crippen molar-refractivity contribution in [2.24, 2.45) is 11.8 Å². The first-order valence-electron chi connectivity index (χ1n) is 10.2. The van der Waals surface area contributed by atoms with Gasteiger partial charge < -0.3 is 5.11 Å². The fourth-order valence-corrected chi connectivity index (χ4v) is 4.35. The second-order valence-corrected chi connectivity index (χ2v) is 7.91. The molecule has 1 N–H and O–H groups in total. The summed E-state index contributed by atoms with van der Waals surface area (Å²) in [6.45, 7) is 2.22. The molecule has 0 radical (unpaired) electrons. The molecular weight excluding hydrogens is 372 g/mol. The van der Waals surface area contributed by atoms with Gasteiger partial charge in [-0.2, -0.15) is 5.26 Å². The first-order valence-corrected chi connectivity index (χ1v) is 10.2. The third kappa shape index (κ3) is 4.64. The summed E-state index contributed by atoms with van der Waals surface area (Å²) < 4.78 is 29.2. The zero-order chi connectivity index (χ0) is 21.0. The lowest BCUT2D eigenvalue weighted by Gasteiger charge is -2.28. The lowest BCUT2D eigenvalue weighted by Crippen LogP contribution is -2.15. The van der Waals surface area contributed by atoms with Crippen LogP contribution in [0.4, 0.5) is 8.78 Å². The molecule has 3 nitrogen and oxygen atoms in total. The highest BCUT2D eigenvalue weighted by molar-refractivity contribution is 5.90. The molecular formula is C24H25F2NO2. The van der Waals surface area contributed by atoms with Crippen LogP contribution < -0.4 is 0 Å². The molecule has 1 aliphatic rings. The Balaban J connectivity index is 1.91. The van der Waals surface area contributed by atoms with Crippen molar-refractivity contribution >= 4 is 5.97 Å². The summed E-state index contributed by atoms with van der Waals surface area (Å²) in [5.74, 6) is -1.58. The highest BCUT2D eigenvalue weighted by Gasteiger charge is 2.23. The number of hydrogen-bond donors (Lipinski definition) is 1. The number of hydrogen-bond acceptors (Lipinski definition) is 2. The zero-order valence-corrected chi connectivity index (χ0v) is 16.5. The number of rotatable bonds is 6. The molecule has 0 amide bonds. The van der Waals surface area contributed by atoms with E-state index in [-0.39, 0.29) is 16.7 Å². The minimum absolute atomic E-state index is 0.121. The van der Waals surface area contributed by atoms with E-state index >= 15 is 4.39 Å². The fraction of sp³-hybridized carbons (Fsp3) is 0.417. The summed E-state index contributed by atoms with van der Waals surface area (Å²) in [6.07, 6.45) is 7.48. The van der Waals surface area contributed by atoms with Crippen molar-refractivity contribution in [3.63, 3.8) is 0 Å². The smallest absolute Gasteiger partial charge is 0.338 e. The Morgan fingerprint density at radius 1 is 1.14 bits per heavy atom. The minimum atomic E-state index is -1.36. The van der Waals surface area contributed by atoms with Gasteiger partial charge in [0.1, 0.15) is 17.7 Å². The van der Waals surface area contributed by atoms with Crippen molar-refractivity contribution in [2.45, 2.75) is 51.9 Å². The lowest BCUT2D eigenvalue weighted by molar-refractivity contribution is 0.0692. The predicted molar refractivity (Wildman–Crippen MR) is 108 cm³/mol. The molecule has 1 fully saturated rings. The maximum atomic E-state index is 15.1. The monoisotopic (exact) mass is 397 g/mol. The third-order valence-corrected chi connectivity index (χ3v) is 6.20. The Hall–Kier alpha value is -2.74. The van der Waals surface area contributed by atoms with Crippen LogP contribution in [-0.4, -0.2) is 11.1 Å². The second kappa shape index (κ2) is 9.17. The van der Waals surface area contributed by atoms with Crippen LogP contribution in [0.3, 0.4) is 0 Å². The SMILES string of the molecule is CC[C@H]1CC[C@H](CCc2ccc(C(=O)O)c(F)c2-c2ccc(C#N)c(F)c2)CC1. The van der Waals surface area contributed by atoms with Gasteiger partial charge in [0.05, 0.1) is 11.1 Å². The number of nitriles is 1. The summed E-state index contributed by atoms with van der Waals surface area (Å²) >= 11 is 0. The molecule has 3 rings (SSSR count). The van der Waals surface area contributed by atoms with E-state index < -0.39 is 23.2 Å². The molecule has 152 valence electrons. The van der Waals surface area contributed by atoms with Gasteiger partial charge in [-0.15, -0.1) is 0 Å². The van der Waals surface area contributed by atoms with Crippen molar-refractivity contribution in [1.29, 1.82) is 5.26 Å². The number of carboxylic acid groups (broad SMARTS) is 1. The van der Waals surface area contributed by atoms with E-state index in [0.717, 1.165) is 31.2 Å². The van der Waals surface area contributed by atoms with Crippen molar-refractivity contribution in [3.05, 3.63) is 58.7 Å². The van der Waals surface area contributed by atoms with E-state index in [4.69, 9.17) is 5.26 Å². The number of aromatic carboxylic acids is 1. The molecule has 5 heteroatoms. The molecule has 29 heavy (non-hydrogen) atoms. The molecule has 0 bridgehead atoms. The highest BCUT2D eigenvalue weighted by atomic mass is 19.1. The number of halogens is 2. The van der Waals surface area contributed by atoms with Crippen LogP contribution in [0, 0.1) is 34.8 Å². The van der Waals surface area contributed by atoms with Crippen molar-refractivity contribution < 1.29 is 18.7 Å². The molecule has 0 atom stereocenters. The topological polar surface area (TPSA) is 61.1 Å². The number of nitrogens with zero attached hydrogens (tertiary/aromatic N) is 1. The molecule has 0 unspecified atom stereocenters. The molecule has 1 aliphatic carbocycles. The van der Waals surface area contributed by atoms with E-state index in [1.165, 1.54) is 37.5 Å². The van der Waals surface area contributed by atoms with Gasteiger partial charge in [0.15, 0.2) is 0 Å². The average Bonchev–Trinajstić information content (AvgIpc) is 2.72. The van der Waals surface area contributed by atoms with Crippen molar-refractivity contribution in [2.75, 3.05) is 0 Å². The van der Waals surface area contributed by atoms with E-state index in [1.807, 2.05) is 0 Å². The summed E-state index contributed by atoms with van der Waals surface area (Å²) in [5.41, 5.74) is 0.492. The van der Waals surface area contributed by atoms with Gasteiger partial charge in [0.25, 0.3) is 0 Å². The zero-order valence-electron chi connectivity index (χ0n) is 16.5. The van der Waals surface area contributed by atoms with Crippen LogP contribution in [0.2, 0.25) is 0 Å². The van der Waals surface area contributed by atoms with Gasteiger partial charge in [0, 0.05) is 5.56 Å². The number of aryl methyl sites for hydroxylation is 1. The van der Waals surface area contributed by atoms with Gasteiger partial charge in [-0.05, 0) is 54.0 Å². The summed E-state index contributed by atoms with van der Waals surface area (Å²) in [4.78, 5) is 11.4. The average molecular weight is 397 g/mol. The van der Waals surface area contributed by atoms with Gasteiger partial charge in [-0.3, -0.25) is 0 Å². The molecule has 1 saturated carbocycles. The predicted octanol–water partition coefficient (Wildman–Crippen LogP) is 6.35. The quantitative estimate of drug-likeness (QED) is 0.618. The van der Waals surface area contributed by atoms with Crippen LogP contribution in [-0.2, 0) is 6.42 Å². The summed E-state index contributed by atoms with van der Waals surface area (Å²) in [5, 5.41) is 18.2. The minimum Gasteiger partial charge on any atom is -0.478 e. The van der Waals surface area contributed by atoms with Gasteiger partial charge in [0.2, 0.25) is 0 Å². The fourth-order valence-electron chi connectivity index (χ4n) is 4.35. The van der Waals surface area contributed by atoms with Gasteiger partial charge >= 0.3 is 5.97 Å². The van der Waals surface area contributed by atoms with E-state index in [2.05, 4.69) is 6.92 Å². The number of carbonyl (C=O) groups is 1. The maximum Gasteiger partial charge on any atom is 0.338 e. The third-order valence-electron chi connectivity index (χ3n) is 6.20. The molecule has 0 heterocycles. The number of benzene rings is 2. The summed E-state index contributed by atoms with van der Waals surface area (Å²) in [7, 11) is 0. The molecule has 2 aromatic rings. The van der Waals surface area contributed by atoms with E-state index in [1.54, 1.807) is 12.1 Å². The highest BCUT2D eigenvalue weighted by Crippen LogP contribution is 2.36. The first-order chi connectivity index (χ1) is 13.9.